The molecule has 1 aliphatic rings. The molecule has 1 nitrogen and oxygen atoms in total. The number of benzene rings is 1. The largest absolute Gasteiger partial charge is 0.378 e. The molecule has 0 spiro atoms. The molecule has 1 atom stereocenters. The maximum atomic E-state index is 13.1. The van der Waals surface area contributed by atoms with Crippen LogP contribution in [0.3, 0.4) is 0 Å². The summed E-state index contributed by atoms with van der Waals surface area (Å²) in [5.41, 5.74) is 0.750. The van der Waals surface area contributed by atoms with E-state index >= 15 is 0 Å². The standard InChI is InChI=1S/C15H19ClF2O/c1-2-19-13-7-11(8-13)6-12(16)5-10-3-4-14(17)15(18)9-10/h3-4,9,11-13H,2,5-8H2,1H3. The van der Waals surface area contributed by atoms with Crippen molar-refractivity contribution in [3.8, 4) is 0 Å². The third-order valence-corrected chi connectivity index (χ3v) is 3.96. The summed E-state index contributed by atoms with van der Waals surface area (Å²) < 4.78 is 31.4. The van der Waals surface area contributed by atoms with Crippen LogP contribution in [0, 0.1) is 17.6 Å². The molecule has 0 aromatic heterocycles. The Kier molecular flexibility index (Phi) is 5.17. The molecule has 0 heterocycles. The molecule has 0 bridgehead atoms. The van der Waals surface area contributed by atoms with Crippen molar-refractivity contribution in [2.75, 3.05) is 6.61 Å². The number of ether oxygens (including phenoxy) is 1. The fourth-order valence-corrected chi connectivity index (χ4v) is 3.04. The topological polar surface area (TPSA) is 9.23 Å². The molecule has 0 aliphatic heterocycles. The Bertz CT molecular complexity index is 419. The molecule has 1 unspecified atom stereocenters. The van der Waals surface area contributed by atoms with Crippen molar-refractivity contribution in [2.24, 2.45) is 5.92 Å². The van der Waals surface area contributed by atoms with Crippen LogP contribution in [0.5, 0.6) is 0 Å². The molecule has 19 heavy (non-hydrogen) atoms. The van der Waals surface area contributed by atoms with Gasteiger partial charge in [-0.25, -0.2) is 8.78 Å². The molecule has 0 radical (unpaired) electrons. The fourth-order valence-electron chi connectivity index (χ4n) is 2.61. The average Bonchev–Trinajstić information content (AvgIpc) is 2.31. The van der Waals surface area contributed by atoms with Crippen molar-refractivity contribution in [1.82, 2.24) is 0 Å². The van der Waals surface area contributed by atoms with Gasteiger partial charge in [-0.1, -0.05) is 6.07 Å². The van der Waals surface area contributed by atoms with E-state index in [4.69, 9.17) is 16.3 Å². The quantitative estimate of drug-likeness (QED) is 0.708. The first kappa shape index (κ1) is 14.7. The smallest absolute Gasteiger partial charge is 0.159 e. The Morgan fingerprint density at radius 2 is 2.05 bits per heavy atom. The van der Waals surface area contributed by atoms with Gasteiger partial charge in [-0.2, -0.15) is 0 Å². The molecule has 1 aliphatic carbocycles. The summed E-state index contributed by atoms with van der Waals surface area (Å²) in [6.07, 6.45) is 4.00. The van der Waals surface area contributed by atoms with Gasteiger partial charge in [0, 0.05) is 12.0 Å². The molecule has 0 saturated heterocycles. The van der Waals surface area contributed by atoms with Gasteiger partial charge in [0.25, 0.3) is 0 Å². The molecule has 1 aromatic carbocycles. The fraction of sp³-hybridized carbons (Fsp3) is 0.600. The van der Waals surface area contributed by atoms with Crippen LogP contribution in [0.15, 0.2) is 18.2 Å². The summed E-state index contributed by atoms with van der Waals surface area (Å²) in [4.78, 5) is 0. The first-order valence-electron chi connectivity index (χ1n) is 6.78. The van der Waals surface area contributed by atoms with Gasteiger partial charge >= 0.3 is 0 Å². The van der Waals surface area contributed by atoms with E-state index in [0.717, 1.165) is 37.5 Å². The van der Waals surface area contributed by atoms with Crippen LogP contribution in [-0.2, 0) is 11.2 Å². The van der Waals surface area contributed by atoms with E-state index in [1.807, 2.05) is 6.92 Å². The Hall–Kier alpha value is -0.670. The third-order valence-electron chi connectivity index (χ3n) is 3.63. The molecule has 1 fully saturated rings. The lowest BCUT2D eigenvalue weighted by Gasteiger charge is -2.36. The van der Waals surface area contributed by atoms with Crippen LogP contribution in [0.2, 0.25) is 0 Å². The summed E-state index contributed by atoms with van der Waals surface area (Å²) >= 11 is 6.28. The summed E-state index contributed by atoms with van der Waals surface area (Å²) in [5, 5.41) is -0.0302. The lowest BCUT2D eigenvalue weighted by molar-refractivity contribution is -0.0266. The van der Waals surface area contributed by atoms with Crippen LogP contribution in [-0.4, -0.2) is 18.1 Å². The van der Waals surface area contributed by atoms with E-state index in [1.165, 1.54) is 6.07 Å². The van der Waals surface area contributed by atoms with Crippen molar-refractivity contribution in [3.63, 3.8) is 0 Å². The van der Waals surface area contributed by atoms with Gasteiger partial charge in [0.1, 0.15) is 0 Å². The summed E-state index contributed by atoms with van der Waals surface area (Å²) in [6.45, 7) is 2.76. The highest BCUT2D eigenvalue weighted by Crippen LogP contribution is 2.35. The molecule has 106 valence electrons. The Balaban J connectivity index is 1.75. The maximum Gasteiger partial charge on any atom is 0.159 e. The van der Waals surface area contributed by atoms with E-state index in [9.17, 15) is 8.78 Å². The Morgan fingerprint density at radius 3 is 2.68 bits per heavy atom. The van der Waals surface area contributed by atoms with Gasteiger partial charge in [-0.3, -0.25) is 0 Å². The lowest BCUT2D eigenvalue weighted by atomic mass is 9.78. The predicted molar refractivity (Wildman–Crippen MR) is 72.5 cm³/mol. The molecule has 0 amide bonds. The molecule has 0 N–H and O–H groups in total. The monoisotopic (exact) mass is 288 g/mol. The second kappa shape index (κ2) is 6.67. The molecule has 1 saturated carbocycles. The second-order valence-corrected chi connectivity index (χ2v) is 5.82. The zero-order valence-electron chi connectivity index (χ0n) is 11.0. The van der Waals surface area contributed by atoms with Gasteiger partial charge in [0.15, 0.2) is 11.6 Å². The van der Waals surface area contributed by atoms with Crippen LogP contribution in [0.4, 0.5) is 8.78 Å². The van der Waals surface area contributed by atoms with Crippen LogP contribution < -0.4 is 0 Å². The van der Waals surface area contributed by atoms with E-state index in [-0.39, 0.29) is 5.38 Å². The summed E-state index contributed by atoms with van der Waals surface area (Å²) in [6, 6.07) is 3.98. The molecular formula is C15H19ClF2O. The molecular weight excluding hydrogens is 270 g/mol. The number of hydrogen-bond donors (Lipinski definition) is 0. The van der Waals surface area contributed by atoms with Crippen molar-refractivity contribution >= 4 is 11.6 Å². The molecule has 4 heteroatoms. The zero-order valence-corrected chi connectivity index (χ0v) is 11.8. The summed E-state index contributed by atoms with van der Waals surface area (Å²) in [7, 11) is 0. The highest BCUT2D eigenvalue weighted by atomic mass is 35.5. The number of rotatable bonds is 6. The van der Waals surface area contributed by atoms with Crippen molar-refractivity contribution in [2.45, 2.75) is 44.1 Å². The van der Waals surface area contributed by atoms with Gasteiger partial charge in [0.2, 0.25) is 0 Å². The molecule has 2 rings (SSSR count). The van der Waals surface area contributed by atoms with Crippen LogP contribution in [0.1, 0.15) is 31.7 Å². The van der Waals surface area contributed by atoms with Gasteiger partial charge in [-0.05, 0) is 56.2 Å². The first-order valence-corrected chi connectivity index (χ1v) is 7.21. The zero-order chi connectivity index (χ0) is 13.8. The van der Waals surface area contributed by atoms with Gasteiger partial charge in [0.05, 0.1) is 6.10 Å². The highest BCUT2D eigenvalue weighted by Gasteiger charge is 2.30. The molecule has 1 aromatic rings. The minimum absolute atomic E-state index is 0.0302. The van der Waals surface area contributed by atoms with E-state index in [0.29, 0.717) is 18.4 Å². The highest BCUT2D eigenvalue weighted by molar-refractivity contribution is 6.20. The van der Waals surface area contributed by atoms with Crippen molar-refractivity contribution in [1.29, 1.82) is 0 Å². The number of hydrogen-bond acceptors (Lipinski definition) is 1. The predicted octanol–water partition coefficient (Wildman–Crippen LogP) is 4.32. The van der Waals surface area contributed by atoms with Gasteiger partial charge < -0.3 is 4.74 Å². The summed E-state index contributed by atoms with van der Waals surface area (Å²) in [5.74, 6) is -1.01. The first-order chi connectivity index (χ1) is 9.08. The van der Waals surface area contributed by atoms with E-state index in [1.54, 1.807) is 6.07 Å². The Labute approximate surface area is 117 Å². The second-order valence-electron chi connectivity index (χ2n) is 5.20. The maximum absolute atomic E-state index is 13.1. The van der Waals surface area contributed by atoms with Crippen LogP contribution in [0.25, 0.3) is 0 Å². The lowest BCUT2D eigenvalue weighted by Crippen LogP contribution is -2.33. The van der Waals surface area contributed by atoms with E-state index < -0.39 is 11.6 Å². The SMILES string of the molecule is CCOC1CC(CC(Cl)Cc2ccc(F)c(F)c2)C1. The van der Waals surface area contributed by atoms with Crippen LogP contribution >= 0.6 is 11.6 Å². The van der Waals surface area contributed by atoms with E-state index in [2.05, 4.69) is 0 Å². The van der Waals surface area contributed by atoms with Crippen molar-refractivity contribution < 1.29 is 13.5 Å². The third kappa shape index (κ3) is 4.15. The Morgan fingerprint density at radius 1 is 1.32 bits per heavy atom. The number of halogens is 3. The van der Waals surface area contributed by atoms with Crippen molar-refractivity contribution in [3.05, 3.63) is 35.4 Å². The minimum atomic E-state index is -0.812. The number of alkyl halides is 1. The minimum Gasteiger partial charge on any atom is -0.378 e. The normalized spacial score (nSPS) is 24.0. The average molecular weight is 289 g/mol. The van der Waals surface area contributed by atoms with Gasteiger partial charge in [-0.15, -0.1) is 11.6 Å².